The molecule has 16 heteroatoms. The van der Waals surface area contributed by atoms with E-state index in [-0.39, 0.29) is 57.8 Å². The van der Waals surface area contributed by atoms with Gasteiger partial charge in [-0.25, -0.2) is 4.79 Å². The average molecular weight is 672 g/mol. The predicted molar refractivity (Wildman–Crippen MR) is 173 cm³/mol. The van der Waals surface area contributed by atoms with Gasteiger partial charge in [0.05, 0.1) is 5.41 Å². The Kier molecular flexibility index (Phi) is 15.2. The summed E-state index contributed by atoms with van der Waals surface area (Å²) in [6.45, 7) is 5.22. The van der Waals surface area contributed by atoms with E-state index in [4.69, 9.17) is 16.2 Å². The first-order valence-electron chi connectivity index (χ1n) is 15.6. The van der Waals surface area contributed by atoms with E-state index in [1.165, 1.54) is 0 Å². The van der Waals surface area contributed by atoms with Crippen LogP contribution in [0.3, 0.4) is 0 Å². The fraction of sp³-hybridized carbons (Fsp3) is 0.500. The molecule has 0 radical (unpaired) electrons. The van der Waals surface area contributed by atoms with Gasteiger partial charge in [-0.2, -0.15) is 0 Å². The van der Waals surface area contributed by atoms with Crippen molar-refractivity contribution in [3.63, 3.8) is 0 Å². The highest BCUT2D eigenvalue weighted by Gasteiger charge is 2.28. The van der Waals surface area contributed by atoms with Gasteiger partial charge in [-0.05, 0) is 64.2 Å². The standard InChI is InChI=1S/C32H45N7O9/c1-32(2,3)30(46)48-19-20-10-12-21(13-11-20)36-28(44)23(8-6-17-35-31(34)47)38-29(45)22(7-4-5-9-24(33)40)37-25(41)16-18-39-26(42)14-15-27(39)43/h10-15,22-23H,4-9,16-19H2,1-3H3,(H2,33,40)(H,36,44)(H,37,41)(H,38,45)(H3,34,35,47)/t22-,23-/m0/s1. The Morgan fingerprint density at radius 2 is 1.42 bits per heavy atom. The highest BCUT2D eigenvalue weighted by molar-refractivity contribution is 6.13. The van der Waals surface area contributed by atoms with Gasteiger partial charge in [0, 0.05) is 43.8 Å². The van der Waals surface area contributed by atoms with Crippen molar-refractivity contribution in [2.45, 2.75) is 84.4 Å². The number of rotatable bonds is 19. The largest absolute Gasteiger partial charge is 0.460 e. The van der Waals surface area contributed by atoms with E-state index >= 15 is 0 Å². The van der Waals surface area contributed by atoms with E-state index in [2.05, 4.69) is 21.3 Å². The summed E-state index contributed by atoms with van der Waals surface area (Å²) >= 11 is 0. The number of carbonyl (C=O) groups excluding carboxylic acids is 8. The van der Waals surface area contributed by atoms with Crippen molar-refractivity contribution in [2.24, 2.45) is 16.9 Å². The summed E-state index contributed by atoms with van der Waals surface area (Å²) in [6, 6.07) is 3.59. The van der Waals surface area contributed by atoms with Crippen molar-refractivity contribution in [1.82, 2.24) is 20.9 Å². The molecule has 0 fully saturated rings. The van der Waals surface area contributed by atoms with Gasteiger partial charge in [-0.1, -0.05) is 18.6 Å². The lowest BCUT2D eigenvalue weighted by atomic mass is 9.97. The van der Waals surface area contributed by atoms with Gasteiger partial charge in [-0.3, -0.25) is 38.5 Å². The Hall–Kier alpha value is -5.28. The molecule has 262 valence electrons. The van der Waals surface area contributed by atoms with Crippen LogP contribution in [-0.4, -0.2) is 77.5 Å². The third-order valence-corrected chi connectivity index (χ3v) is 7.09. The van der Waals surface area contributed by atoms with Gasteiger partial charge in [0.15, 0.2) is 0 Å². The second kappa shape index (κ2) is 18.8. The van der Waals surface area contributed by atoms with Crippen molar-refractivity contribution in [2.75, 3.05) is 18.4 Å². The Morgan fingerprint density at radius 1 is 0.812 bits per heavy atom. The van der Waals surface area contributed by atoms with E-state index in [1.54, 1.807) is 45.0 Å². The van der Waals surface area contributed by atoms with Gasteiger partial charge in [0.1, 0.15) is 18.7 Å². The van der Waals surface area contributed by atoms with Crippen molar-refractivity contribution in [3.05, 3.63) is 42.0 Å². The molecule has 0 aromatic heterocycles. The Labute approximate surface area is 278 Å². The first kappa shape index (κ1) is 38.9. The van der Waals surface area contributed by atoms with Gasteiger partial charge < -0.3 is 37.5 Å². The lowest BCUT2D eigenvalue weighted by molar-refractivity contribution is -0.154. The minimum atomic E-state index is -1.12. The number of hydrogen-bond donors (Lipinski definition) is 6. The SMILES string of the molecule is CC(C)(C)C(=O)OCc1ccc(NC(=O)[C@H](CCCNC(N)=O)NC(=O)[C@H](CCCCC(N)=O)NC(=O)CCN2C(=O)C=CC2=O)cc1. The molecule has 48 heavy (non-hydrogen) atoms. The molecule has 2 atom stereocenters. The highest BCUT2D eigenvalue weighted by Crippen LogP contribution is 2.18. The topological polar surface area (TPSA) is 249 Å². The third-order valence-electron chi connectivity index (χ3n) is 7.09. The molecule has 0 spiro atoms. The summed E-state index contributed by atoms with van der Waals surface area (Å²) in [4.78, 5) is 98.5. The maximum atomic E-state index is 13.5. The molecule has 1 aliphatic heterocycles. The number of anilines is 1. The van der Waals surface area contributed by atoms with E-state index < -0.39 is 59.0 Å². The number of nitrogens with zero attached hydrogens (tertiary/aromatic N) is 1. The van der Waals surface area contributed by atoms with Crippen molar-refractivity contribution < 1.29 is 43.1 Å². The smallest absolute Gasteiger partial charge is 0.312 e. The lowest BCUT2D eigenvalue weighted by Crippen LogP contribution is -2.53. The quantitative estimate of drug-likeness (QED) is 0.0679. The molecule has 1 aliphatic rings. The number of hydrogen-bond acceptors (Lipinski definition) is 9. The fourth-order valence-electron chi connectivity index (χ4n) is 4.39. The highest BCUT2D eigenvalue weighted by atomic mass is 16.5. The second-order valence-electron chi connectivity index (χ2n) is 12.3. The van der Waals surface area contributed by atoms with Gasteiger partial charge in [-0.15, -0.1) is 0 Å². The minimum Gasteiger partial charge on any atom is -0.460 e. The van der Waals surface area contributed by atoms with Crippen LogP contribution in [0.25, 0.3) is 0 Å². The molecule has 1 aromatic carbocycles. The van der Waals surface area contributed by atoms with Crippen LogP contribution in [0, 0.1) is 5.41 Å². The van der Waals surface area contributed by atoms with Crippen molar-refractivity contribution in [1.29, 1.82) is 0 Å². The van der Waals surface area contributed by atoms with Gasteiger partial charge in [0.25, 0.3) is 11.8 Å². The van der Waals surface area contributed by atoms with E-state index in [9.17, 15) is 38.4 Å². The minimum absolute atomic E-state index is 0.0456. The summed E-state index contributed by atoms with van der Waals surface area (Å²) in [5.41, 5.74) is 10.8. The number of unbranched alkanes of at least 4 members (excludes halogenated alkanes) is 1. The number of nitrogens with two attached hydrogens (primary N) is 2. The summed E-state index contributed by atoms with van der Waals surface area (Å²) in [7, 11) is 0. The zero-order valence-corrected chi connectivity index (χ0v) is 27.5. The molecule has 0 unspecified atom stereocenters. The molecule has 16 nitrogen and oxygen atoms in total. The fourth-order valence-corrected chi connectivity index (χ4v) is 4.39. The summed E-state index contributed by atoms with van der Waals surface area (Å²) in [5.74, 6) is -3.85. The van der Waals surface area contributed by atoms with Gasteiger partial charge >= 0.3 is 12.0 Å². The number of carbonyl (C=O) groups is 8. The number of benzene rings is 1. The molecule has 0 bridgehead atoms. The molecule has 1 heterocycles. The zero-order valence-electron chi connectivity index (χ0n) is 27.5. The van der Waals surface area contributed by atoms with E-state index in [0.29, 0.717) is 24.1 Å². The van der Waals surface area contributed by atoms with Crippen LogP contribution in [0.1, 0.15) is 71.3 Å². The molecule has 8 N–H and O–H groups in total. The predicted octanol–water partition coefficient (Wildman–Crippen LogP) is 0.493. The van der Waals surface area contributed by atoms with Crippen LogP contribution >= 0.6 is 0 Å². The summed E-state index contributed by atoms with van der Waals surface area (Å²) in [6.07, 6.45) is 3.15. The zero-order chi connectivity index (χ0) is 35.9. The van der Waals surface area contributed by atoms with Crippen LogP contribution in [0.5, 0.6) is 0 Å². The first-order chi connectivity index (χ1) is 22.6. The lowest BCUT2D eigenvalue weighted by Gasteiger charge is -2.24. The van der Waals surface area contributed by atoms with Crippen LogP contribution < -0.4 is 32.7 Å². The van der Waals surface area contributed by atoms with Crippen LogP contribution in [0.4, 0.5) is 10.5 Å². The number of imide groups is 1. The Balaban J connectivity index is 2.11. The number of primary amides is 2. The summed E-state index contributed by atoms with van der Waals surface area (Å²) in [5, 5.41) is 10.4. The molecular weight excluding hydrogens is 626 g/mol. The second-order valence-corrected chi connectivity index (χ2v) is 12.3. The monoisotopic (exact) mass is 671 g/mol. The Morgan fingerprint density at radius 3 is 2.00 bits per heavy atom. The molecular formula is C32H45N7O9. The maximum absolute atomic E-state index is 13.5. The normalized spacial score (nSPS) is 13.8. The van der Waals surface area contributed by atoms with Crippen LogP contribution in [-0.2, 0) is 44.9 Å². The van der Waals surface area contributed by atoms with Crippen molar-refractivity contribution >= 4 is 53.1 Å². The first-order valence-corrected chi connectivity index (χ1v) is 15.6. The van der Waals surface area contributed by atoms with E-state index in [0.717, 1.165) is 17.1 Å². The Bertz CT molecular complexity index is 1370. The number of ether oxygens (including phenoxy) is 1. The molecule has 8 amide bonds. The number of nitrogens with one attached hydrogen (secondary N) is 4. The van der Waals surface area contributed by atoms with E-state index in [1.807, 2.05) is 0 Å². The molecule has 2 rings (SSSR count). The average Bonchev–Trinajstić information content (AvgIpc) is 3.33. The number of esters is 1. The van der Waals surface area contributed by atoms with Crippen LogP contribution in [0.2, 0.25) is 0 Å². The summed E-state index contributed by atoms with van der Waals surface area (Å²) < 4.78 is 5.31. The maximum Gasteiger partial charge on any atom is 0.312 e. The molecule has 0 saturated heterocycles. The molecule has 1 aromatic rings. The molecule has 0 saturated carbocycles. The van der Waals surface area contributed by atoms with Crippen LogP contribution in [0.15, 0.2) is 36.4 Å². The number of urea groups is 1. The third kappa shape index (κ3) is 14.0. The van der Waals surface area contributed by atoms with Crippen molar-refractivity contribution in [3.8, 4) is 0 Å². The number of amides is 8. The molecule has 0 aliphatic carbocycles. The van der Waals surface area contributed by atoms with Gasteiger partial charge in [0.2, 0.25) is 23.6 Å².